The summed E-state index contributed by atoms with van der Waals surface area (Å²) in [5.41, 5.74) is 5.01. The van der Waals surface area contributed by atoms with Gasteiger partial charge in [0.2, 0.25) is 0 Å². The molecule has 0 aliphatic rings. The van der Waals surface area contributed by atoms with E-state index in [1.165, 1.54) is 0 Å². The maximum Gasteiger partial charge on any atom is 0.573 e. The first-order chi connectivity index (χ1) is 6.44. The highest BCUT2D eigenvalue weighted by Gasteiger charge is 2.32. The van der Waals surface area contributed by atoms with Gasteiger partial charge in [0, 0.05) is 6.54 Å². The standard InChI is InChI=1S/C7H7F3N2O2/c8-7(9,10)14-6-3-12-2-5(13)4(6)1-11/h2-3,13H,1,11H2. The van der Waals surface area contributed by atoms with Crippen molar-refractivity contribution in [2.24, 2.45) is 5.73 Å². The first kappa shape index (κ1) is 10.6. The van der Waals surface area contributed by atoms with E-state index in [9.17, 15) is 13.2 Å². The van der Waals surface area contributed by atoms with Crippen LogP contribution in [0.25, 0.3) is 0 Å². The first-order valence-corrected chi connectivity index (χ1v) is 3.55. The zero-order chi connectivity index (χ0) is 10.8. The van der Waals surface area contributed by atoms with Gasteiger partial charge < -0.3 is 15.6 Å². The lowest BCUT2D eigenvalue weighted by atomic mass is 10.2. The number of aromatic nitrogens is 1. The maximum absolute atomic E-state index is 11.8. The number of halogens is 3. The molecule has 1 heterocycles. The SMILES string of the molecule is NCc1c(O)cncc1OC(F)(F)F. The second kappa shape index (κ2) is 3.70. The quantitative estimate of drug-likeness (QED) is 0.764. The first-order valence-electron chi connectivity index (χ1n) is 3.55. The van der Waals surface area contributed by atoms with Crippen molar-refractivity contribution in [1.29, 1.82) is 0 Å². The Bertz CT molecular complexity index is 327. The molecule has 4 nitrogen and oxygen atoms in total. The molecule has 0 saturated carbocycles. The van der Waals surface area contributed by atoms with Gasteiger partial charge in [0.05, 0.1) is 18.0 Å². The van der Waals surface area contributed by atoms with Crippen molar-refractivity contribution >= 4 is 0 Å². The summed E-state index contributed by atoms with van der Waals surface area (Å²) in [6.07, 6.45) is -2.99. The van der Waals surface area contributed by atoms with Crippen LogP contribution < -0.4 is 10.5 Å². The van der Waals surface area contributed by atoms with Crippen molar-refractivity contribution < 1.29 is 23.0 Å². The van der Waals surface area contributed by atoms with E-state index in [1.807, 2.05) is 0 Å². The molecule has 3 N–H and O–H groups in total. The Balaban J connectivity index is 3.02. The third-order valence-corrected chi connectivity index (χ3v) is 1.43. The van der Waals surface area contributed by atoms with Crippen molar-refractivity contribution in [3.63, 3.8) is 0 Å². The topological polar surface area (TPSA) is 68.4 Å². The number of nitrogens with two attached hydrogens (primary N) is 1. The van der Waals surface area contributed by atoms with E-state index in [1.54, 1.807) is 0 Å². The molecule has 0 atom stereocenters. The molecule has 7 heteroatoms. The van der Waals surface area contributed by atoms with Crippen LogP contribution in [0.1, 0.15) is 5.56 Å². The largest absolute Gasteiger partial charge is 0.573 e. The highest BCUT2D eigenvalue weighted by Crippen LogP contribution is 2.30. The van der Waals surface area contributed by atoms with Crippen molar-refractivity contribution in [3.8, 4) is 11.5 Å². The normalized spacial score (nSPS) is 11.4. The fourth-order valence-corrected chi connectivity index (χ4v) is 0.875. The molecule has 0 aliphatic carbocycles. The molecule has 1 aromatic rings. The molecule has 1 rings (SSSR count). The van der Waals surface area contributed by atoms with Crippen molar-refractivity contribution in [3.05, 3.63) is 18.0 Å². The second-order valence-corrected chi connectivity index (χ2v) is 2.39. The van der Waals surface area contributed by atoms with Gasteiger partial charge in [-0.05, 0) is 0 Å². The van der Waals surface area contributed by atoms with E-state index in [0.29, 0.717) is 0 Å². The summed E-state index contributed by atoms with van der Waals surface area (Å²) < 4.78 is 39.1. The number of pyridine rings is 1. The summed E-state index contributed by atoms with van der Waals surface area (Å²) in [4.78, 5) is 3.35. The molecule has 0 amide bonds. The average molecular weight is 208 g/mol. The molecule has 0 fully saturated rings. The third-order valence-electron chi connectivity index (χ3n) is 1.43. The number of nitrogens with zero attached hydrogens (tertiary/aromatic N) is 1. The van der Waals surface area contributed by atoms with Crippen LogP contribution in [0.4, 0.5) is 13.2 Å². The predicted molar refractivity (Wildman–Crippen MR) is 40.5 cm³/mol. The number of hydrogen-bond acceptors (Lipinski definition) is 4. The van der Waals surface area contributed by atoms with E-state index in [-0.39, 0.29) is 12.1 Å². The van der Waals surface area contributed by atoms with Gasteiger partial charge >= 0.3 is 6.36 Å². The number of alkyl halides is 3. The highest BCUT2D eigenvalue weighted by atomic mass is 19.4. The second-order valence-electron chi connectivity index (χ2n) is 2.39. The number of ether oxygens (including phenoxy) is 1. The van der Waals surface area contributed by atoms with Gasteiger partial charge in [0.25, 0.3) is 0 Å². The highest BCUT2D eigenvalue weighted by molar-refractivity contribution is 5.40. The summed E-state index contributed by atoms with van der Waals surface area (Å²) in [5.74, 6) is -1.01. The lowest BCUT2D eigenvalue weighted by Gasteiger charge is -2.12. The Morgan fingerprint density at radius 2 is 2.07 bits per heavy atom. The molecule has 1 aromatic heterocycles. The molecule has 0 spiro atoms. The molecule has 0 unspecified atom stereocenters. The minimum Gasteiger partial charge on any atom is -0.506 e. The minimum atomic E-state index is -4.82. The minimum absolute atomic E-state index is 0.127. The van der Waals surface area contributed by atoms with Crippen molar-refractivity contribution in [2.45, 2.75) is 12.9 Å². The van der Waals surface area contributed by atoms with Crippen LogP contribution in [-0.4, -0.2) is 16.5 Å². The number of rotatable bonds is 2. The van der Waals surface area contributed by atoms with Crippen molar-refractivity contribution in [2.75, 3.05) is 0 Å². The fourth-order valence-electron chi connectivity index (χ4n) is 0.875. The van der Waals surface area contributed by atoms with E-state index >= 15 is 0 Å². The third kappa shape index (κ3) is 2.49. The molecule has 78 valence electrons. The summed E-state index contributed by atoms with van der Waals surface area (Å²) in [7, 11) is 0. The van der Waals surface area contributed by atoms with Crippen LogP contribution in [-0.2, 0) is 6.54 Å². The van der Waals surface area contributed by atoms with Gasteiger partial charge in [-0.25, -0.2) is 0 Å². The summed E-state index contributed by atoms with van der Waals surface area (Å²) in [5, 5.41) is 9.10. The molecule has 0 saturated heterocycles. The van der Waals surface area contributed by atoms with Crippen LogP contribution in [0.15, 0.2) is 12.4 Å². The molecule has 0 radical (unpaired) electrons. The molecule has 0 bridgehead atoms. The fraction of sp³-hybridized carbons (Fsp3) is 0.286. The maximum atomic E-state index is 11.8. The van der Waals surface area contributed by atoms with Gasteiger partial charge in [-0.15, -0.1) is 13.2 Å². The van der Waals surface area contributed by atoms with Gasteiger partial charge in [-0.1, -0.05) is 0 Å². The molecule has 0 aliphatic heterocycles. The van der Waals surface area contributed by atoms with Gasteiger partial charge in [0.1, 0.15) is 5.75 Å². The monoisotopic (exact) mass is 208 g/mol. The van der Waals surface area contributed by atoms with Crippen molar-refractivity contribution in [1.82, 2.24) is 4.98 Å². The van der Waals surface area contributed by atoms with Crippen LogP contribution >= 0.6 is 0 Å². The van der Waals surface area contributed by atoms with Crippen LogP contribution in [0, 0.1) is 0 Å². The Labute approximate surface area is 77.1 Å². The Morgan fingerprint density at radius 1 is 1.43 bits per heavy atom. The van der Waals surface area contributed by atoms with E-state index in [0.717, 1.165) is 12.4 Å². The van der Waals surface area contributed by atoms with Gasteiger partial charge in [0.15, 0.2) is 5.75 Å². The van der Waals surface area contributed by atoms with Crippen LogP contribution in [0.5, 0.6) is 11.5 Å². The predicted octanol–water partition coefficient (Wildman–Crippen LogP) is 1.14. The summed E-state index contributed by atoms with van der Waals surface area (Å²) >= 11 is 0. The average Bonchev–Trinajstić information content (AvgIpc) is 2.01. The van der Waals surface area contributed by atoms with Gasteiger partial charge in [-0.3, -0.25) is 4.98 Å². The number of hydrogen-bond donors (Lipinski definition) is 2. The lowest BCUT2D eigenvalue weighted by Crippen LogP contribution is -2.18. The lowest BCUT2D eigenvalue weighted by molar-refractivity contribution is -0.275. The Morgan fingerprint density at radius 3 is 2.57 bits per heavy atom. The molecule has 0 aromatic carbocycles. The van der Waals surface area contributed by atoms with E-state index < -0.39 is 17.9 Å². The number of aromatic hydroxyl groups is 1. The Kier molecular flexibility index (Phi) is 2.80. The Hall–Kier alpha value is -1.50. The summed E-state index contributed by atoms with van der Waals surface area (Å²) in [6, 6.07) is 0. The van der Waals surface area contributed by atoms with Crippen LogP contribution in [0.3, 0.4) is 0 Å². The summed E-state index contributed by atoms with van der Waals surface area (Å²) in [6.45, 7) is -0.264. The molecular weight excluding hydrogens is 201 g/mol. The van der Waals surface area contributed by atoms with E-state index in [2.05, 4.69) is 9.72 Å². The zero-order valence-electron chi connectivity index (χ0n) is 6.88. The van der Waals surface area contributed by atoms with E-state index in [4.69, 9.17) is 10.8 Å². The van der Waals surface area contributed by atoms with Gasteiger partial charge in [-0.2, -0.15) is 0 Å². The zero-order valence-corrected chi connectivity index (χ0v) is 6.88. The molecule has 14 heavy (non-hydrogen) atoms. The molecular formula is C7H7F3N2O2. The smallest absolute Gasteiger partial charge is 0.506 e. The van der Waals surface area contributed by atoms with Crippen LogP contribution in [0.2, 0.25) is 0 Å².